The maximum absolute atomic E-state index is 6.12. The summed E-state index contributed by atoms with van der Waals surface area (Å²) in [6.07, 6.45) is 0. The largest absolute Gasteiger partial charge is 0.448 e. The van der Waals surface area contributed by atoms with Gasteiger partial charge in [0.25, 0.3) is 0 Å². The van der Waals surface area contributed by atoms with Gasteiger partial charge < -0.3 is 4.74 Å². The fraction of sp³-hybridized carbons (Fsp3) is 0.182. The average Bonchev–Trinajstić information content (AvgIpc) is 2.23. The van der Waals surface area contributed by atoms with Gasteiger partial charge in [-0.15, -0.1) is 0 Å². The van der Waals surface area contributed by atoms with Gasteiger partial charge in [-0.2, -0.15) is 4.57 Å². The second-order valence-corrected chi connectivity index (χ2v) is 3.52. The Morgan fingerprint density at radius 2 is 2.00 bits per heavy atom. The lowest BCUT2D eigenvalue weighted by Gasteiger charge is -2.02. The highest BCUT2D eigenvalue weighted by Gasteiger charge is 2.14. The van der Waals surface area contributed by atoms with E-state index < -0.39 is 0 Å². The summed E-state index contributed by atoms with van der Waals surface area (Å²) in [7, 11) is 3.60. The lowest BCUT2D eigenvalue weighted by molar-refractivity contribution is -0.650. The lowest BCUT2D eigenvalue weighted by atomic mass is 10.2. The van der Waals surface area contributed by atoms with Gasteiger partial charge >= 0.3 is 5.88 Å². The Morgan fingerprint density at radius 3 is 2.71 bits per heavy atom. The van der Waals surface area contributed by atoms with Crippen LogP contribution in [0.4, 0.5) is 0 Å². The van der Waals surface area contributed by atoms with Crippen LogP contribution in [0.3, 0.4) is 0 Å². The third-order valence-corrected chi connectivity index (χ3v) is 2.63. The number of pyridine rings is 1. The fourth-order valence-corrected chi connectivity index (χ4v) is 1.82. The third-order valence-electron chi connectivity index (χ3n) is 2.31. The van der Waals surface area contributed by atoms with E-state index in [0.29, 0.717) is 0 Å². The molecule has 2 aromatic rings. The summed E-state index contributed by atoms with van der Waals surface area (Å²) in [5.41, 5.74) is 1.07. The topological polar surface area (TPSA) is 13.1 Å². The number of benzene rings is 1. The van der Waals surface area contributed by atoms with Crippen molar-refractivity contribution in [1.82, 2.24) is 0 Å². The van der Waals surface area contributed by atoms with Crippen LogP contribution in [-0.4, -0.2) is 7.11 Å². The Hall–Kier alpha value is -1.28. The number of methoxy groups -OCH3 is 1. The Kier molecular flexibility index (Phi) is 2.30. The van der Waals surface area contributed by atoms with E-state index in [-0.39, 0.29) is 0 Å². The number of aromatic nitrogens is 1. The molecule has 0 bridgehead atoms. The number of nitrogens with zero attached hydrogens (tertiary/aromatic N) is 1. The maximum Gasteiger partial charge on any atom is 0.369 e. The molecule has 3 heteroatoms. The summed E-state index contributed by atoms with van der Waals surface area (Å²) in [5, 5.41) is 1.76. The minimum absolute atomic E-state index is 0.718. The van der Waals surface area contributed by atoms with Crippen LogP contribution < -0.4 is 9.30 Å². The number of ether oxygens (including phenoxy) is 1. The van der Waals surface area contributed by atoms with Crippen molar-refractivity contribution >= 4 is 22.5 Å². The molecular formula is C11H11ClNO+. The summed E-state index contributed by atoms with van der Waals surface area (Å²) in [6.45, 7) is 0. The molecule has 0 fully saturated rings. The minimum Gasteiger partial charge on any atom is -0.448 e. The molecule has 2 rings (SSSR count). The highest BCUT2D eigenvalue weighted by Crippen LogP contribution is 2.23. The Morgan fingerprint density at radius 1 is 1.29 bits per heavy atom. The zero-order valence-electron chi connectivity index (χ0n) is 8.12. The van der Waals surface area contributed by atoms with E-state index >= 15 is 0 Å². The van der Waals surface area contributed by atoms with Crippen LogP contribution >= 0.6 is 11.6 Å². The van der Waals surface area contributed by atoms with Crippen molar-refractivity contribution < 1.29 is 9.30 Å². The standard InChI is InChI=1S/C11H11ClNO/c1-13-10-6-4-3-5-8(10)9(12)7-11(13)14-2/h3-7H,1-2H3/q+1. The first kappa shape index (κ1) is 9.28. The van der Waals surface area contributed by atoms with E-state index in [1.807, 2.05) is 41.9 Å². The van der Waals surface area contributed by atoms with Gasteiger partial charge in [-0.1, -0.05) is 23.7 Å². The number of fused-ring (bicyclic) bond motifs is 1. The molecule has 0 unspecified atom stereocenters. The van der Waals surface area contributed by atoms with Crippen molar-refractivity contribution in [3.05, 3.63) is 35.4 Å². The summed E-state index contributed by atoms with van der Waals surface area (Å²) in [5.74, 6) is 0.758. The second kappa shape index (κ2) is 3.46. The summed E-state index contributed by atoms with van der Waals surface area (Å²) in [6, 6.07) is 9.80. The first-order chi connectivity index (χ1) is 6.74. The van der Waals surface area contributed by atoms with Crippen LogP contribution in [0, 0.1) is 0 Å². The maximum atomic E-state index is 6.12. The molecule has 0 spiro atoms. The monoisotopic (exact) mass is 208 g/mol. The smallest absolute Gasteiger partial charge is 0.369 e. The Labute approximate surface area is 87.7 Å². The van der Waals surface area contributed by atoms with Gasteiger partial charge in [-0.3, -0.25) is 0 Å². The van der Waals surface area contributed by atoms with Gasteiger partial charge in [0.15, 0.2) is 0 Å². The van der Waals surface area contributed by atoms with E-state index in [1.165, 1.54) is 0 Å². The minimum atomic E-state index is 0.718. The van der Waals surface area contributed by atoms with Crippen LogP contribution in [0.2, 0.25) is 5.02 Å². The average molecular weight is 209 g/mol. The fourth-order valence-electron chi connectivity index (χ4n) is 1.57. The highest BCUT2D eigenvalue weighted by molar-refractivity contribution is 6.35. The molecular weight excluding hydrogens is 198 g/mol. The molecule has 2 nitrogen and oxygen atoms in total. The Balaban J connectivity index is 2.87. The molecule has 0 N–H and O–H groups in total. The molecule has 0 saturated carbocycles. The van der Waals surface area contributed by atoms with Crippen molar-refractivity contribution in [3.63, 3.8) is 0 Å². The lowest BCUT2D eigenvalue weighted by Crippen LogP contribution is -2.31. The Bertz CT molecular complexity index is 482. The molecule has 72 valence electrons. The molecule has 1 aromatic carbocycles. The van der Waals surface area contributed by atoms with E-state index in [0.717, 1.165) is 21.8 Å². The van der Waals surface area contributed by atoms with E-state index in [1.54, 1.807) is 7.11 Å². The molecule has 0 aliphatic rings. The van der Waals surface area contributed by atoms with Crippen molar-refractivity contribution in [2.75, 3.05) is 7.11 Å². The summed E-state index contributed by atoms with van der Waals surface area (Å²) >= 11 is 6.12. The highest BCUT2D eigenvalue weighted by atomic mass is 35.5. The van der Waals surface area contributed by atoms with E-state index in [4.69, 9.17) is 16.3 Å². The first-order valence-corrected chi connectivity index (χ1v) is 4.73. The van der Waals surface area contributed by atoms with Gasteiger partial charge in [0.05, 0.1) is 23.6 Å². The van der Waals surface area contributed by atoms with Crippen LogP contribution in [0.1, 0.15) is 0 Å². The molecule has 0 radical (unpaired) electrons. The SMILES string of the molecule is COc1cc(Cl)c2ccccc2[n+]1C. The molecule has 0 aliphatic heterocycles. The van der Waals surface area contributed by atoms with Crippen molar-refractivity contribution in [1.29, 1.82) is 0 Å². The second-order valence-electron chi connectivity index (χ2n) is 3.11. The molecule has 0 aliphatic carbocycles. The van der Waals surface area contributed by atoms with Crippen molar-refractivity contribution in [2.24, 2.45) is 7.05 Å². The van der Waals surface area contributed by atoms with Gasteiger partial charge in [0.2, 0.25) is 5.52 Å². The molecule has 0 atom stereocenters. The molecule has 1 heterocycles. The summed E-state index contributed by atoms with van der Waals surface area (Å²) in [4.78, 5) is 0. The zero-order valence-corrected chi connectivity index (χ0v) is 8.88. The number of halogens is 1. The van der Waals surface area contributed by atoms with Crippen LogP contribution in [0.5, 0.6) is 5.88 Å². The number of aryl methyl sites for hydroxylation is 1. The number of rotatable bonds is 1. The molecule has 0 amide bonds. The van der Waals surface area contributed by atoms with Crippen molar-refractivity contribution in [3.8, 4) is 5.88 Å². The predicted molar refractivity (Wildman–Crippen MR) is 56.7 cm³/mol. The van der Waals surface area contributed by atoms with E-state index in [2.05, 4.69) is 0 Å². The van der Waals surface area contributed by atoms with Gasteiger partial charge in [-0.05, 0) is 6.07 Å². The number of para-hydroxylation sites is 1. The number of hydrogen-bond acceptors (Lipinski definition) is 1. The third kappa shape index (κ3) is 1.32. The van der Waals surface area contributed by atoms with Gasteiger partial charge in [0.1, 0.15) is 7.05 Å². The molecule has 1 aromatic heterocycles. The van der Waals surface area contributed by atoms with Gasteiger partial charge in [0, 0.05) is 6.07 Å². The van der Waals surface area contributed by atoms with Crippen LogP contribution in [0.15, 0.2) is 30.3 Å². The number of hydrogen-bond donors (Lipinski definition) is 0. The van der Waals surface area contributed by atoms with Crippen LogP contribution in [0.25, 0.3) is 10.9 Å². The van der Waals surface area contributed by atoms with E-state index in [9.17, 15) is 0 Å². The van der Waals surface area contributed by atoms with Gasteiger partial charge in [-0.25, -0.2) is 0 Å². The zero-order chi connectivity index (χ0) is 10.1. The molecule has 0 saturated heterocycles. The normalized spacial score (nSPS) is 10.5. The van der Waals surface area contributed by atoms with Crippen LogP contribution in [-0.2, 0) is 7.05 Å². The quantitative estimate of drug-likeness (QED) is 0.656. The van der Waals surface area contributed by atoms with Crippen molar-refractivity contribution in [2.45, 2.75) is 0 Å². The molecule has 14 heavy (non-hydrogen) atoms. The predicted octanol–water partition coefficient (Wildman–Crippen LogP) is 2.33. The first-order valence-electron chi connectivity index (χ1n) is 4.35. The summed E-state index contributed by atoms with van der Waals surface area (Å²) < 4.78 is 7.19.